The van der Waals surface area contributed by atoms with Gasteiger partial charge in [0.05, 0.1) is 7.11 Å². The van der Waals surface area contributed by atoms with Gasteiger partial charge in [0.2, 0.25) is 0 Å². The number of nitrogens with two attached hydrogens (primary N) is 1. The molecule has 2 aromatic rings. The molecule has 0 spiro atoms. The third-order valence-corrected chi connectivity index (χ3v) is 3.91. The van der Waals surface area contributed by atoms with Gasteiger partial charge in [-0.25, -0.2) is 0 Å². The zero-order valence-corrected chi connectivity index (χ0v) is 16.3. The molecule has 0 fully saturated rings. The van der Waals surface area contributed by atoms with Crippen molar-refractivity contribution in [3.05, 3.63) is 53.6 Å². The van der Waals surface area contributed by atoms with E-state index < -0.39 is 0 Å². The highest BCUT2D eigenvalue weighted by Crippen LogP contribution is 2.28. The van der Waals surface area contributed by atoms with E-state index >= 15 is 0 Å². The van der Waals surface area contributed by atoms with Crippen LogP contribution >= 0.6 is 12.4 Å². The monoisotopic (exact) mass is 378 g/mol. The first kappa shape index (κ1) is 21.8. The van der Waals surface area contributed by atoms with E-state index in [9.17, 15) is 4.79 Å². The lowest BCUT2D eigenvalue weighted by Gasteiger charge is -2.14. The average molecular weight is 379 g/mol. The van der Waals surface area contributed by atoms with Crippen molar-refractivity contribution in [1.29, 1.82) is 0 Å². The molecule has 26 heavy (non-hydrogen) atoms. The summed E-state index contributed by atoms with van der Waals surface area (Å²) in [7, 11) is 1.58. The molecule has 2 aromatic carbocycles. The summed E-state index contributed by atoms with van der Waals surface area (Å²) in [4.78, 5) is 12.1. The van der Waals surface area contributed by atoms with Crippen molar-refractivity contribution >= 4 is 24.0 Å². The summed E-state index contributed by atoms with van der Waals surface area (Å²) < 4.78 is 11.0. The number of carbonyl (C=O) groups is 1. The molecule has 142 valence electrons. The van der Waals surface area contributed by atoms with Crippen LogP contribution in [0.2, 0.25) is 0 Å². The van der Waals surface area contributed by atoms with Gasteiger partial charge in [0.25, 0.3) is 5.91 Å². The van der Waals surface area contributed by atoms with Gasteiger partial charge in [-0.1, -0.05) is 25.1 Å². The minimum Gasteiger partial charge on any atom is -0.493 e. The number of halogens is 1. The van der Waals surface area contributed by atoms with E-state index in [0.717, 1.165) is 29.7 Å². The number of hydrogen-bond donors (Lipinski definition) is 2. The molecule has 0 saturated carbocycles. The molecule has 0 aliphatic carbocycles. The number of amides is 1. The van der Waals surface area contributed by atoms with Crippen LogP contribution in [0.15, 0.2) is 42.5 Å². The molecular formula is C20H27ClN2O3. The Labute approximate surface area is 161 Å². The lowest BCUT2D eigenvalue weighted by Crippen LogP contribution is -2.21. The first-order valence-electron chi connectivity index (χ1n) is 8.43. The van der Waals surface area contributed by atoms with Gasteiger partial charge in [-0.05, 0) is 55.2 Å². The predicted octanol–water partition coefficient (Wildman–Crippen LogP) is 3.72. The lowest BCUT2D eigenvalue weighted by molar-refractivity contribution is -0.118. The van der Waals surface area contributed by atoms with Gasteiger partial charge in [0.15, 0.2) is 18.1 Å². The molecule has 5 nitrogen and oxygen atoms in total. The molecule has 6 heteroatoms. The van der Waals surface area contributed by atoms with Gasteiger partial charge in [-0.3, -0.25) is 4.79 Å². The van der Waals surface area contributed by atoms with Gasteiger partial charge in [0, 0.05) is 11.7 Å². The van der Waals surface area contributed by atoms with Crippen LogP contribution in [-0.4, -0.2) is 25.7 Å². The number of benzene rings is 2. The molecule has 1 amide bonds. The fourth-order valence-corrected chi connectivity index (χ4v) is 2.47. The molecule has 0 aliphatic heterocycles. The second-order valence-electron chi connectivity index (χ2n) is 6.06. The number of hydrogen-bond acceptors (Lipinski definition) is 4. The molecule has 2 rings (SSSR count). The number of rotatable bonds is 8. The highest BCUT2D eigenvalue weighted by atomic mass is 35.5. The van der Waals surface area contributed by atoms with Gasteiger partial charge < -0.3 is 20.5 Å². The largest absolute Gasteiger partial charge is 0.493 e. The molecule has 0 radical (unpaired) electrons. The van der Waals surface area contributed by atoms with Crippen molar-refractivity contribution in [3.63, 3.8) is 0 Å². The number of carbonyl (C=O) groups excluding carboxylic acids is 1. The molecule has 0 heterocycles. The Morgan fingerprint density at radius 1 is 1.19 bits per heavy atom. The standard InChI is InChI=1S/C20H26N2O3.ClH/c1-4-16(21)11-15-8-9-18(19(12-15)24-3)25-13-20(23)22-17-7-5-6-14(2)10-17;/h5-10,12,16H,4,11,13,21H2,1-3H3,(H,22,23);1H. The molecular weight excluding hydrogens is 352 g/mol. The summed E-state index contributed by atoms with van der Waals surface area (Å²) in [5.41, 5.74) is 8.92. The highest BCUT2D eigenvalue weighted by Gasteiger charge is 2.10. The number of nitrogens with one attached hydrogen (secondary N) is 1. The molecule has 3 N–H and O–H groups in total. The molecule has 0 bridgehead atoms. The Hall–Kier alpha value is -2.24. The first-order valence-corrected chi connectivity index (χ1v) is 8.43. The van der Waals surface area contributed by atoms with E-state index in [-0.39, 0.29) is 31.0 Å². The van der Waals surface area contributed by atoms with Crippen molar-refractivity contribution in [3.8, 4) is 11.5 Å². The summed E-state index contributed by atoms with van der Waals surface area (Å²) in [5, 5.41) is 2.81. The van der Waals surface area contributed by atoms with Crippen LogP contribution in [0.1, 0.15) is 24.5 Å². The minimum absolute atomic E-state index is 0. The fourth-order valence-electron chi connectivity index (χ4n) is 2.47. The Morgan fingerprint density at radius 2 is 1.96 bits per heavy atom. The summed E-state index contributed by atoms with van der Waals surface area (Å²) in [6.07, 6.45) is 1.70. The maximum atomic E-state index is 12.1. The van der Waals surface area contributed by atoms with Gasteiger partial charge in [0.1, 0.15) is 0 Å². The fraction of sp³-hybridized carbons (Fsp3) is 0.350. The van der Waals surface area contributed by atoms with Crippen molar-refractivity contribution < 1.29 is 14.3 Å². The van der Waals surface area contributed by atoms with Crippen molar-refractivity contribution in [2.45, 2.75) is 32.7 Å². The topological polar surface area (TPSA) is 73.6 Å². The van der Waals surface area contributed by atoms with E-state index in [1.54, 1.807) is 7.11 Å². The Bertz CT molecular complexity index is 722. The zero-order valence-electron chi connectivity index (χ0n) is 15.5. The maximum Gasteiger partial charge on any atom is 0.262 e. The van der Waals surface area contributed by atoms with Crippen LogP contribution in [0.25, 0.3) is 0 Å². The van der Waals surface area contributed by atoms with E-state index in [2.05, 4.69) is 12.2 Å². The van der Waals surface area contributed by atoms with Crippen LogP contribution in [0, 0.1) is 6.92 Å². The summed E-state index contributed by atoms with van der Waals surface area (Å²) in [6.45, 7) is 3.95. The highest BCUT2D eigenvalue weighted by molar-refractivity contribution is 5.91. The van der Waals surface area contributed by atoms with Crippen LogP contribution in [-0.2, 0) is 11.2 Å². The van der Waals surface area contributed by atoms with E-state index in [0.29, 0.717) is 11.5 Å². The summed E-state index contributed by atoms with van der Waals surface area (Å²) >= 11 is 0. The second kappa shape index (κ2) is 10.7. The Balaban J connectivity index is 0.00000338. The SMILES string of the molecule is CCC(N)Cc1ccc(OCC(=O)Nc2cccc(C)c2)c(OC)c1.Cl. The quantitative estimate of drug-likeness (QED) is 0.734. The summed E-state index contributed by atoms with van der Waals surface area (Å²) in [5.74, 6) is 0.921. The van der Waals surface area contributed by atoms with Gasteiger partial charge >= 0.3 is 0 Å². The summed E-state index contributed by atoms with van der Waals surface area (Å²) in [6, 6.07) is 13.4. The predicted molar refractivity (Wildman–Crippen MR) is 108 cm³/mol. The smallest absolute Gasteiger partial charge is 0.262 e. The van der Waals surface area contributed by atoms with E-state index in [4.69, 9.17) is 15.2 Å². The van der Waals surface area contributed by atoms with Crippen LogP contribution in [0.4, 0.5) is 5.69 Å². The van der Waals surface area contributed by atoms with Gasteiger partial charge in [-0.15, -0.1) is 12.4 Å². The third-order valence-electron chi connectivity index (χ3n) is 3.91. The van der Waals surface area contributed by atoms with Crippen molar-refractivity contribution in [1.82, 2.24) is 0 Å². The van der Waals surface area contributed by atoms with Crippen LogP contribution in [0.3, 0.4) is 0 Å². The third kappa shape index (κ3) is 6.58. The number of anilines is 1. The first-order chi connectivity index (χ1) is 12.0. The number of ether oxygens (including phenoxy) is 2. The van der Waals surface area contributed by atoms with Crippen molar-refractivity contribution in [2.75, 3.05) is 19.0 Å². The van der Waals surface area contributed by atoms with Crippen molar-refractivity contribution in [2.24, 2.45) is 5.73 Å². The maximum absolute atomic E-state index is 12.1. The Morgan fingerprint density at radius 3 is 2.62 bits per heavy atom. The zero-order chi connectivity index (χ0) is 18.2. The molecule has 1 unspecified atom stereocenters. The number of methoxy groups -OCH3 is 1. The molecule has 0 saturated heterocycles. The minimum atomic E-state index is -0.218. The molecule has 0 aliphatic rings. The van der Waals surface area contributed by atoms with E-state index in [1.165, 1.54) is 0 Å². The lowest BCUT2D eigenvalue weighted by atomic mass is 10.0. The molecule has 1 atom stereocenters. The second-order valence-corrected chi connectivity index (χ2v) is 6.06. The van der Waals surface area contributed by atoms with Crippen LogP contribution < -0.4 is 20.5 Å². The Kier molecular flexibility index (Phi) is 8.96. The molecule has 0 aromatic heterocycles. The average Bonchev–Trinajstić information content (AvgIpc) is 2.60. The van der Waals surface area contributed by atoms with Crippen LogP contribution in [0.5, 0.6) is 11.5 Å². The van der Waals surface area contributed by atoms with E-state index in [1.807, 2.05) is 49.4 Å². The van der Waals surface area contributed by atoms with Gasteiger partial charge in [-0.2, -0.15) is 0 Å². The normalized spacial score (nSPS) is 11.2. The number of aryl methyl sites for hydroxylation is 1.